The number of pyridine rings is 1. The van der Waals surface area contributed by atoms with Crippen LogP contribution in [-0.4, -0.2) is 60.1 Å². The molecule has 170 valence electrons. The van der Waals surface area contributed by atoms with Gasteiger partial charge < -0.3 is 15.5 Å². The highest BCUT2D eigenvalue weighted by molar-refractivity contribution is 5.87. The van der Waals surface area contributed by atoms with Crippen LogP contribution in [0.1, 0.15) is 31.9 Å². The predicted octanol–water partition coefficient (Wildman–Crippen LogP) is 2.55. The number of rotatable bonds is 3. The Balaban J connectivity index is 1.31. The molecular formula is C23H28N10. The zero-order valence-electron chi connectivity index (χ0n) is 19.0. The summed E-state index contributed by atoms with van der Waals surface area (Å²) in [6, 6.07) is 4.18. The molecule has 3 N–H and O–H groups in total. The van der Waals surface area contributed by atoms with Crippen molar-refractivity contribution in [3.8, 4) is 11.3 Å². The van der Waals surface area contributed by atoms with Crippen molar-refractivity contribution in [1.82, 2.24) is 34.9 Å². The lowest BCUT2D eigenvalue weighted by Crippen LogP contribution is -2.48. The fraction of sp³-hybridized carbons (Fsp3) is 0.435. The number of piperidine rings is 1. The van der Waals surface area contributed by atoms with E-state index in [1.807, 2.05) is 31.7 Å². The maximum absolute atomic E-state index is 6.28. The first-order valence-electron chi connectivity index (χ1n) is 11.5. The van der Waals surface area contributed by atoms with E-state index in [-0.39, 0.29) is 5.54 Å². The lowest BCUT2D eigenvalue weighted by molar-refractivity contribution is 0.363. The fourth-order valence-electron chi connectivity index (χ4n) is 4.75. The number of fused-ring (bicyclic) bond motifs is 2. The summed E-state index contributed by atoms with van der Waals surface area (Å²) in [5, 5.41) is 12.0. The topological polar surface area (TPSA) is 118 Å². The second-order valence-corrected chi connectivity index (χ2v) is 9.43. The van der Waals surface area contributed by atoms with Crippen LogP contribution in [0.4, 0.5) is 17.3 Å². The number of nitrogens with two attached hydrogens (primary N) is 1. The molecule has 0 radical (unpaired) electrons. The van der Waals surface area contributed by atoms with Crippen molar-refractivity contribution in [2.45, 2.75) is 38.1 Å². The summed E-state index contributed by atoms with van der Waals surface area (Å²) in [5.74, 6) is 1.67. The summed E-state index contributed by atoms with van der Waals surface area (Å²) in [6.07, 6.45) is 9.52. The molecule has 10 nitrogen and oxygen atoms in total. The van der Waals surface area contributed by atoms with E-state index in [1.165, 1.54) is 0 Å². The minimum absolute atomic E-state index is 0.0955. The third-order valence-corrected chi connectivity index (χ3v) is 6.76. The third-order valence-electron chi connectivity index (χ3n) is 6.76. The van der Waals surface area contributed by atoms with E-state index >= 15 is 0 Å². The van der Waals surface area contributed by atoms with E-state index in [1.54, 1.807) is 4.68 Å². The summed E-state index contributed by atoms with van der Waals surface area (Å²) in [6.45, 7) is 4.76. The second kappa shape index (κ2) is 7.51. The molecule has 4 aromatic rings. The third kappa shape index (κ3) is 3.60. The van der Waals surface area contributed by atoms with Crippen LogP contribution >= 0.6 is 0 Å². The molecule has 6 rings (SSSR count). The Bertz CT molecular complexity index is 1310. The van der Waals surface area contributed by atoms with Gasteiger partial charge in [-0.15, -0.1) is 0 Å². The Kier molecular flexibility index (Phi) is 4.58. The molecule has 0 unspecified atom stereocenters. The van der Waals surface area contributed by atoms with Gasteiger partial charge in [0.1, 0.15) is 5.82 Å². The average Bonchev–Trinajstić information content (AvgIpc) is 3.44. The second-order valence-electron chi connectivity index (χ2n) is 9.43. The molecule has 1 fully saturated rings. The molecule has 33 heavy (non-hydrogen) atoms. The fourth-order valence-corrected chi connectivity index (χ4v) is 4.75. The van der Waals surface area contributed by atoms with Crippen LogP contribution in [-0.2, 0) is 13.5 Å². The molecule has 0 amide bonds. The Morgan fingerprint density at radius 1 is 1.09 bits per heavy atom. The van der Waals surface area contributed by atoms with Gasteiger partial charge in [-0.1, -0.05) is 0 Å². The van der Waals surface area contributed by atoms with E-state index in [0.29, 0.717) is 5.65 Å². The molecule has 6 heterocycles. The van der Waals surface area contributed by atoms with Crippen LogP contribution < -0.4 is 15.5 Å². The normalized spacial score (nSPS) is 18.0. The molecule has 0 saturated carbocycles. The van der Waals surface area contributed by atoms with E-state index in [9.17, 15) is 0 Å². The first-order chi connectivity index (χ1) is 16.0. The van der Waals surface area contributed by atoms with Crippen molar-refractivity contribution in [2.24, 2.45) is 12.8 Å². The predicted molar refractivity (Wildman–Crippen MR) is 127 cm³/mol. The number of hydrogen-bond donors (Lipinski definition) is 2. The monoisotopic (exact) mass is 444 g/mol. The number of nitrogens with one attached hydrogen (secondary N) is 1. The molecule has 0 atom stereocenters. The molecular weight excluding hydrogens is 416 g/mol. The largest absolute Gasteiger partial charge is 0.355 e. The van der Waals surface area contributed by atoms with Crippen LogP contribution in [0.3, 0.4) is 0 Å². The number of aromatic amines is 1. The summed E-state index contributed by atoms with van der Waals surface area (Å²) in [4.78, 5) is 19.0. The molecule has 1 saturated heterocycles. The van der Waals surface area contributed by atoms with E-state index in [0.717, 1.165) is 85.1 Å². The average molecular weight is 445 g/mol. The van der Waals surface area contributed by atoms with Crippen molar-refractivity contribution < 1.29 is 0 Å². The minimum Gasteiger partial charge on any atom is -0.355 e. The van der Waals surface area contributed by atoms with Crippen LogP contribution in [0.5, 0.6) is 0 Å². The first kappa shape index (κ1) is 20.1. The van der Waals surface area contributed by atoms with Gasteiger partial charge in [-0.25, -0.2) is 9.97 Å². The van der Waals surface area contributed by atoms with Gasteiger partial charge in [0, 0.05) is 44.0 Å². The Labute approximate surface area is 191 Å². The highest BCUT2D eigenvalue weighted by Gasteiger charge is 2.28. The standard InChI is InChI=1S/C23H28N10/c1-23(24)7-10-32(11-8-23)19-13-25-20-21(28-19)29-30-22(20)33-9-3-4-17-18(33)6-5-16(27-17)15-12-26-31(2)14-15/h5-6,12-14H,3-4,7-11,24H2,1-2H3,(H,28,29,30). The Morgan fingerprint density at radius 3 is 2.73 bits per heavy atom. The molecule has 0 aromatic carbocycles. The summed E-state index contributed by atoms with van der Waals surface area (Å²) in [7, 11) is 1.92. The molecule has 2 aliphatic rings. The van der Waals surface area contributed by atoms with Crippen LogP contribution in [0.15, 0.2) is 30.7 Å². The quantitative estimate of drug-likeness (QED) is 0.495. The molecule has 2 aliphatic heterocycles. The van der Waals surface area contributed by atoms with E-state index < -0.39 is 0 Å². The lowest BCUT2D eigenvalue weighted by Gasteiger charge is -2.37. The maximum atomic E-state index is 6.28. The SMILES string of the molecule is Cn1cc(-c2ccc3c(n2)CCCN3c2n[nH]c3nc(N4CCC(C)(N)CC4)cnc23)cn1. The van der Waals surface area contributed by atoms with Gasteiger partial charge in [-0.3, -0.25) is 14.8 Å². The van der Waals surface area contributed by atoms with Gasteiger partial charge in [0.15, 0.2) is 17.0 Å². The number of aryl methyl sites for hydroxylation is 2. The van der Waals surface area contributed by atoms with Gasteiger partial charge in [0.05, 0.1) is 29.5 Å². The molecule has 10 heteroatoms. The lowest BCUT2D eigenvalue weighted by atomic mass is 9.91. The number of hydrogen-bond acceptors (Lipinski definition) is 8. The van der Waals surface area contributed by atoms with Crippen molar-refractivity contribution >= 4 is 28.5 Å². The zero-order valence-corrected chi connectivity index (χ0v) is 19.0. The summed E-state index contributed by atoms with van der Waals surface area (Å²) >= 11 is 0. The Morgan fingerprint density at radius 2 is 1.94 bits per heavy atom. The molecule has 0 aliphatic carbocycles. The maximum Gasteiger partial charge on any atom is 0.183 e. The highest BCUT2D eigenvalue weighted by Crippen LogP contribution is 2.36. The molecule has 0 bridgehead atoms. The number of H-pyrrole nitrogens is 1. The number of aromatic nitrogens is 7. The van der Waals surface area contributed by atoms with Crippen molar-refractivity contribution in [2.75, 3.05) is 29.4 Å². The number of anilines is 3. The molecule has 4 aromatic heterocycles. The van der Waals surface area contributed by atoms with Crippen molar-refractivity contribution in [3.05, 3.63) is 36.4 Å². The van der Waals surface area contributed by atoms with E-state index in [4.69, 9.17) is 20.7 Å². The first-order valence-corrected chi connectivity index (χ1v) is 11.5. The zero-order chi connectivity index (χ0) is 22.6. The van der Waals surface area contributed by atoms with Crippen LogP contribution in [0.2, 0.25) is 0 Å². The van der Waals surface area contributed by atoms with Crippen molar-refractivity contribution in [3.63, 3.8) is 0 Å². The van der Waals surface area contributed by atoms with Gasteiger partial charge in [-0.2, -0.15) is 10.2 Å². The van der Waals surface area contributed by atoms with Gasteiger partial charge in [0.25, 0.3) is 0 Å². The number of nitrogens with zero attached hydrogens (tertiary/aromatic N) is 8. The minimum atomic E-state index is -0.0955. The van der Waals surface area contributed by atoms with Gasteiger partial charge in [-0.05, 0) is 44.7 Å². The molecule has 0 spiro atoms. The highest BCUT2D eigenvalue weighted by atomic mass is 15.3. The van der Waals surface area contributed by atoms with Crippen LogP contribution in [0.25, 0.3) is 22.4 Å². The summed E-state index contributed by atoms with van der Waals surface area (Å²) in [5.41, 5.74) is 11.8. The summed E-state index contributed by atoms with van der Waals surface area (Å²) < 4.78 is 1.80. The van der Waals surface area contributed by atoms with Gasteiger partial charge >= 0.3 is 0 Å². The Hall–Kier alpha value is -3.53. The van der Waals surface area contributed by atoms with E-state index in [2.05, 4.69) is 38.1 Å². The van der Waals surface area contributed by atoms with Crippen molar-refractivity contribution in [1.29, 1.82) is 0 Å². The van der Waals surface area contributed by atoms with Crippen LogP contribution in [0, 0.1) is 0 Å². The van der Waals surface area contributed by atoms with Gasteiger partial charge in [0.2, 0.25) is 0 Å². The smallest absolute Gasteiger partial charge is 0.183 e.